The second-order valence-corrected chi connectivity index (χ2v) is 3.62. The maximum absolute atomic E-state index is 9.15. The van der Waals surface area contributed by atoms with E-state index in [1.807, 2.05) is 12.1 Å². The van der Waals surface area contributed by atoms with Gasteiger partial charge in [0.05, 0.1) is 20.3 Å². The molecule has 92 valence electrons. The van der Waals surface area contributed by atoms with Gasteiger partial charge in [0.2, 0.25) is 0 Å². The van der Waals surface area contributed by atoms with E-state index in [2.05, 4.69) is 18.3 Å². The fourth-order valence-corrected chi connectivity index (χ4v) is 1.57. The summed E-state index contributed by atoms with van der Waals surface area (Å²) in [5.74, 6) is 1.39. The van der Waals surface area contributed by atoms with Gasteiger partial charge in [0, 0.05) is 11.6 Å². The quantitative estimate of drug-likeness (QED) is 0.820. The van der Waals surface area contributed by atoms with E-state index >= 15 is 0 Å². The number of hydrogen-bond acceptors (Lipinski definition) is 4. The Labute approximate surface area is 102 Å². The smallest absolute Gasteiger partial charge is 0.128 e. The lowest BCUT2D eigenvalue weighted by molar-refractivity contribution is 0.388. The van der Waals surface area contributed by atoms with Gasteiger partial charge >= 0.3 is 0 Å². The summed E-state index contributed by atoms with van der Waals surface area (Å²) in [7, 11) is 3.19. The van der Waals surface area contributed by atoms with E-state index in [0.717, 1.165) is 24.3 Å². The van der Waals surface area contributed by atoms with E-state index in [-0.39, 0.29) is 6.04 Å². The highest BCUT2D eigenvalue weighted by Crippen LogP contribution is 2.29. The molecule has 0 saturated heterocycles. The molecule has 0 radical (unpaired) electrons. The molecule has 0 aliphatic heterocycles. The minimum atomic E-state index is -0.351. The van der Waals surface area contributed by atoms with Crippen LogP contribution >= 0.6 is 0 Å². The summed E-state index contributed by atoms with van der Waals surface area (Å²) in [6, 6.07) is 7.35. The fraction of sp³-hybridized carbons (Fsp3) is 0.462. The molecule has 0 saturated carbocycles. The van der Waals surface area contributed by atoms with Crippen LogP contribution in [0.4, 0.5) is 0 Å². The molecule has 1 atom stereocenters. The van der Waals surface area contributed by atoms with Crippen LogP contribution in [0, 0.1) is 11.3 Å². The predicted octanol–water partition coefficient (Wildman–Crippen LogP) is 2.27. The highest BCUT2D eigenvalue weighted by Gasteiger charge is 2.15. The zero-order valence-electron chi connectivity index (χ0n) is 10.5. The molecule has 0 spiro atoms. The van der Waals surface area contributed by atoms with Crippen LogP contribution in [-0.2, 0) is 0 Å². The Balaban J connectivity index is 2.98. The molecule has 1 aromatic rings. The van der Waals surface area contributed by atoms with Crippen molar-refractivity contribution in [2.75, 3.05) is 20.8 Å². The molecule has 1 unspecified atom stereocenters. The zero-order chi connectivity index (χ0) is 12.7. The molecule has 17 heavy (non-hydrogen) atoms. The average Bonchev–Trinajstić information content (AvgIpc) is 2.39. The molecule has 0 heterocycles. The van der Waals surface area contributed by atoms with Crippen LogP contribution in [0.3, 0.4) is 0 Å². The van der Waals surface area contributed by atoms with Crippen molar-refractivity contribution in [2.24, 2.45) is 0 Å². The van der Waals surface area contributed by atoms with Crippen molar-refractivity contribution in [1.29, 1.82) is 5.26 Å². The minimum Gasteiger partial charge on any atom is -0.497 e. The lowest BCUT2D eigenvalue weighted by Gasteiger charge is -2.15. The van der Waals surface area contributed by atoms with Crippen molar-refractivity contribution in [3.63, 3.8) is 0 Å². The van der Waals surface area contributed by atoms with Gasteiger partial charge in [0.1, 0.15) is 17.5 Å². The monoisotopic (exact) mass is 234 g/mol. The molecule has 0 amide bonds. The van der Waals surface area contributed by atoms with Gasteiger partial charge in [-0.2, -0.15) is 5.26 Å². The van der Waals surface area contributed by atoms with Crippen LogP contribution in [0.15, 0.2) is 18.2 Å². The van der Waals surface area contributed by atoms with E-state index in [4.69, 9.17) is 14.7 Å². The number of methoxy groups -OCH3 is 2. The van der Waals surface area contributed by atoms with Crippen molar-refractivity contribution < 1.29 is 9.47 Å². The molecule has 1 rings (SSSR count). The number of nitriles is 1. The van der Waals surface area contributed by atoms with Crippen LogP contribution in [-0.4, -0.2) is 20.8 Å². The fourth-order valence-electron chi connectivity index (χ4n) is 1.57. The third-order valence-corrected chi connectivity index (χ3v) is 2.48. The second-order valence-electron chi connectivity index (χ2n) is 3.62. The van der Waals surface area contributed by atoms with Gasteiger partial charge in [-0.1, -0.05) is 6.92 Å². The number of nitrogens with zero attached hydrogens (tertiary/aromatic N) is 1. The number of nitrogens with one attached hydrogen (secondary N) is 1. The van der Waals surface area contributed by atoms with Crippen molar-refractivity contribution in [3.8, 4) is 17.6 Å². The third-order valence-electron chi connectivity index (χ3n) is 2.48. The SMILES string of the molecule is CCCNC(C#N)c1ccc(OC)cc1OC. The Hall–Kier alpha value is -1.73. The summed E-state index contributed by atoms with van der Waals surface area (Å²) in [5, 5.41) is 12.3. The first kappa shape index (κ1) is 13.3. The van der Waals surface area contributed by atoms with Gasteiger partial charge in [-0.05, 0) is 25.1 Å². The average molecular weight is 234 g/mol. The van der Waals surface area contributed by atoms with Gasteiger partial charge in [0.25, 0.3) is 0 Å². The van der Waals surface area contributed by atoms with Crippen molar-refractivity contribution >= 4 is 0 Å². The molecule has 1 aromatic carbocycles. The molecular weight excluding hydrogens is 216 g/mol. The maximum Gasteiger partial charge on any atom is 0.128 e. The minimum absolute atomic E-state index is 0.351. The van der Waals surface area contributed by atoms with Crippen LogP contribution in [0.25, 0.3) is 0 Å². The van der Waals surface area contributed by atoms with Gasteiger partial charge in [0.15, 0.2) is 0 Å². The second kappa shape index (κ2) is 6.77. The summed E-state index contributed by atoms with van der Waals surface area (Å²) in [6.07, 6.45) is 0.983. The summed E-state index contributed by atoms with van der Waals surface area (Å²) in [4.78, 5) is 0. The molecule has 0 aliphatic rings. The molecule has 0 aromatic heterocycles. The van der Waals surface area contributed by atoms with Crippen LogP contribution in [0.5, 0.6) is 11.5 Å². The maximum atomic E-state index is 9.15. The number of benzene rings is 1. The summed E-state index contributed by atoms with van der Waals surface area (Å²) in [5.41, 5.74) is 0.837. The standard InChI is InChI=1S/C13H18N2O2/c1-4-7-15-12(9-14)11-6-5-10(16-2)8-13(11)17-3/h5-6,8,12,15H,4,7H2,1-3H3. The van der Waals surface area contributed by atoms with Gasteiger partial charge in [-0.15, -0.1) is 0 Å². The third kappa shape index (κ3) is 3.36. The molecule has 0 fully saturated rings. The highest BCUT2D eigenvalue weighted by molar-refractivity contribution is 5.44. The normalized spacial score (nSPS) is 11.6. The first-order chi connectivity index (χ1) is 8.26. The molecule has 1 N–H and O–H groups in total. The lowest BCUT2D eigenvalue weighted by Crippen LogP contribution is -2.21. The van der Waals surface area contributed by atoms with E-state index in [9.17, 15) is 0 Å². The van der Waals surface area contributed by atoms with Gasteiger partial charge in [-0.3, -0.25) is 5.32 Å². The Bertz CT molecular complexity index is 399. The Kier molecular flexibility index (Phi) is 5.31. The predicted molar refractivity (Wildman–Crippen MR) is 66.2 cm³/mol. The molecule has 4 heteroatoms. The lowest BCUT2D eigenvalue weighted by atomic mass is 10.1. The first-order valence-electron chi connectivity index (χ1n) is 5.61. The number of ether oxygens (including phenoxy) is 2. The highest BCUT2D eigenvalue weighted by atomic mass is 16.5. The van der Waals surface area contributed by atoms with Crippen LogP contribution < -0.4 is 14.8 Å². The summed E-state index contributed by atoms with van der Waals surface area (Å²) in [6.45, 7) is 2.86. The Morgan fingerprint density at radius 2 is 2.12 bits per heavy atom. The molecule has 0 aliphatic carbocycles. The zero-order valence-corrected chi connectivity index (χ0v) is 10.5. The Morgan fingerprint density at radius 3 is 2.65 bits per heavy atom. The van der Waals surface area contributed by atoms with E-state index in [0.29, 0.717) is 5.75 Å². The van der Waals surface area contributed by atoms with Gasteiger partial charge in [-0.25, -0.2) is 0 Å². The van der Waals surface area contributed by atoms with E-state index in [1.165, 1.54) is 0 Å². The van der Waals surface area contributed by atoms with E-state index in [1.54, 1.807) is 20.3 Å². The van der Waals surface area contributed by atoms with Crippen molar-refractivity contribution in [2.45, 2.75) is 19.4 Å². The topological polar surface area (TPSA) is 54.3 Å². The van der Waals surface area contributed by atoms with Crippen LogP contribution in [0.2, 0.25) is 0 Å². The van der Waals surface area contributed by atoms with Gasteiger partial charge < -0.3 is 9.47 Å². The van der Waals surface area contributed by atoms with Crippen molar-refractivity contribution in [1.82, 2.24) is 5.32 Å². The molecule has 4 nitrogen and oxygen atoms in total. The summed E-state index contributed by atoms with van der Waals surface area (Å²) >= 11 is 0. The number of rotatable bonds is 6. The molecular formula is C13H18N2O2. The Morgan fingerprint density at radius 1 is 1.35 bits per heavy atom. The first-order valence-corrected chi connectivity index (χ1v) is 5.61. The van der Waals surface area contributed by atoms with Crippen LogP contribution in [0.1, 0.15) is 24.9 Å². The molecule has 0 bridgehead atoms. The van der Waals surface area contributed by atoms with E-state index < -0.39 is 0 Å². The number of hydrogen-bond donors (Lipinski definition) is 1. The van der Waals surface area contributed by atoms with Crippen molar-refractivity contribution in [3.05, 3.63) is 23.8 Å². The summed E-state index contributed by atoms with van der Waals surface area (Å²) < 4.78 is 10.4. The largest absolute Gasteiger partial charge is 0.497 e.